The van der Waals surface area contributed by atoms with Crippen LogP contribution in [-0.4, -0.2) is 35.8 Å². The maximum Gasteiger partial charge on any atom is 0.335 e. The number of pyridine rings is 1. The molecule has 9 nitrogen and oxygen atoms in total. The number of furan rings is 1. The molecule has 11 heteroatoms. The summed E-state index contributed by atoms with van der Waals surface area (Å²) in [7, 11) is -3.41. The number of aryl methyl sites for hydroxylation is 1. The lowest BCUT2D eigenvalue weighted by Gasteiger charge is -2.26. The van der Waals surface area contributed by atoms with Gasteiger partial charge in [-0.2, -0.15) is 0 Å². The average molecular weight is 549 g/mol. The predicted molar refractivity (Wildman–Crippen MR) is 149 cm³/mol. The largest absolute Gasteiger partial charge is 0.478 e. The van der Waals surface area contributed by atoms with Gasteiger partial charge >= 0.3 is 5.97 Å². The molecule has 0 spiro atoms. The van der Waals surface area contributed by atoms with Crippen molar-refractivity contribution in [3.63, 3.8) is 0 Å². The molecule has 0 bridgehead atoms. The van der Waals surface area contributed by atoms with Crippen LogP contribution in [0, 0.1) is 6.92 Å². The van der Waals surface area contributed by atoms with E-state index in [1.807, 2.05) is 42.2 Å². The van der Waals surface area contributed by atoms with Crippen LogP contribution in [-0.2, 0) is 10.0 Å². The molecular weight excluding hydrogens is 524 g/mol. The molecule has 4 aromatic rings. The lowest BCUT2D eigenvalue weighted by Crippen LogP contribution is -2.29. The molecule has 2 aromatic carbocycles. The summed E-state index contributed by atoms with van der Waals surface area (Å²) in [5.41, 5.74) is 3.72. The highest BCUT2D eigenvalue weighted by atomic mass is 32.2. The molecule has 38 heavy (non-hydrogen) atoms. The summed E-state index contributed by atoms with van der Waals surface area (Å²) in [6.07, 6.45) is 2.81. The van der Waals surface area contributed by atoms with Crippen molar-refractivity contribution in [1.82, 2.24) is 10.3 Å². The summed E-state index contributed by atoms with van der Waals surface area (Å²) >= 11 is 5.74. The monoisotopic (exact) mass is 548 g/mol. The number of carboxylic acids is 1. The van der Waals surface area contributed by atoms with Crippen molar-refractivity contribution < 1.29 is 22.7 Å². The number of sulfonamides is 1. The number of carboxylic acid groups (broad SMARTS) is 1. The summed E-state index contributed by atoms with van der Waals surface area (Å²) < 4.78 is 32.1. The van der Waals surface area contributed by atoms with Crippen molar-refractivity contribution in [3.05, 3.63) is 102 Å². The van der Waals surface area contributed by atoms with Gasteiger partial charge < -0.3 is 19.7 Å². The van der Waals surface area contributed by atoms with Gasteiger partial charge in [0.2, 0.25) is 10.0 Å². The van der Waals surface area contributed by atoms with Crippen molar-refractivity contribution >= 4 is 44.7 Å². The Labute approximate surface area is 225 Å². The normalized spacial score (nSPS) is 17.3. The standard InChI is InChI=1S/C27H24N4O5S2/c1-16-15-17(26(32)33)6-11-20(16)22-12-13-23(36-22)25-24(21-5-3-4-14-28-21)29-27(37)31(25)19-9-7-18(8-10-19)30-38(2,34)35/h3-15,24-25,30H,1-2H3,(H,29,37)(H,32,33)/t24-,25+/m0/s1. The number of carbonyl (C=O) groups is 1. The fourth-order valence-electron chi connectivity index (χ4n) is 4.56. The van der Waals surface area contributed by atoms with E-state index in [-0.39, 0.29) is 11.6 Å². The van der Waals surface area contributed by atoms with Crippen molar-refractivity contribution in [2.45, 2.75) is 19.0 Å². The van der Waals surface area contributed by atoms with E-state index in [1.54, 1.807) is 48.7 Å². The number of hydrogen-bond donors (Lipinski definition) is 3. The van der Waals surface area contributed by atoms with Gasteiger partial charge in [-0.3, -0.25) is 9.71 Å². The zero-order valence-electron chi connectivity index (χ0n) is 20.5. The number of benzene rings is 2. The Morgan fingerprint density at radius 1 is 1.11 bits per heavy atom. The topological polar surface area (TPSA) is 125 Å². The van der Waals surface area contributed by atoms with Gasteiger partial charge in [-0.25, -0.2) is 13.2 Å². The summed E-state index contributed by atoms with van der Waals surface area (Å²) in [5, 5.41) is 13.1. The minimum absolute atomic E-state index is 0.207. The molecule has 5 rings (SSSR count). The van der Waals surface area contributed by atoms with Crippen LogP contribution in [0.2, 0.25) is 0 Å². The van der Waals surface area contributed by atoms with Gasteiger partial charge in [0.05, 0.1) is 23.6 Å². The fraction of sp³-hybridized carbons (Fsp3) is 0.148. The van der Waals surface area contributed by atoms with Gasteiger partial charge in [-0.05, 0) is 85.4 Å². The quantitative estimate of drug-likeness (QED) is 0.277. The first-order valence-corrected chi connectivity index (χ1v) is 13.9. The van der Waals surface area contributed by atoms with Crippen LogP contribution in [0.3, 0.4) is 0 Å². The molecule has 1 fully saturated rings. The zero-order valence-corrected chi connectivity index (χ0v) is 22.1. The summed E-state index contributed by atoms with van der Waals surface area (Å²) in [5.74, 6) is 0.236. The smallest absolute Gasteiger partial charge is 0.335 e. The molecule has 0 aliphatic carbocycles. The number of thiocarbonyl (C=S) groups is 1. The minimum Gasteiger partial charge on any atom is -0.478 e. The Bertz CT molecular complexity index is 1620. The van der Waals surface area contributed by atoms with Gasteiger partial charge in [0.25, 0.3) is 0 Å². The van der Waals surface area contributed by atoms with E-state index >= 15 is 0 Å². The molecule has 0 amide bonds. The lowest BCUT2D eigenvalue weighted by molar-refractivity contribution is 0.0696. The number of anilines is 2. The third kappa shape index (κ3) is 5.11. The molecule has 0 unspecified atom stereocenters. The van der Waals surface area contributed by atoms with Gasteiger partial charge in [-0.15, -0.1) is 0 Å². The molecule has 2 aromatic heterocycles. The van der Waals surface area contributed by atoms with Crippen LogP contribution < -0.4 is 14.9 Å². The second-order valence-corrected chi connectivity index (χ2v) is 11.1. The molecule has 3 N–H and O–H groups in total. The van der Waals surface area contributed by atoms with E-state index in [4.69, 9.17) is 16.6 Å². The Hall–Kier alpha value is -4.22. The van der Waals surface area contributed by atoms with Crippen LogP contribution >= 0.6 is 12.2 Å². The molecule has 0 radical (unpaired) electrons. The Morgan fingerprint density at radius 3 is 2.50 bits per heavy atom. The molecule has 0 saturated carbocycles. The Balaban J connectivity index is 1.55. The van der Waals surface area contributed by atoms with Gasteiger partial charge in [0, 0.05) is 23.1 Å². The van der Waals surface area contributed by atoms with Crippen molar-refractivity contribution in [3.8, 4) is 11.3 Å². The lowest BCUT2D eigenvalue weighted by atomic mass is 10.0. The Kier molecular flexibility index (Phi) is 6.64. The summed E-state index contributed by atoms with van der Waals surface area (Å²) in [4.78, 5) is 17.8. The number of nitrogens with zero attached hydrogens (tertiary/aromatic N) is 2. The highest BCUT2D eigenvalue weighted by Crippen LogP contribution is 2.43. The summed E-state index contributed by atoms with van der Waals surface area (Å²) in [6.45, 7) is 1.84. The maximum atomic E-state index is 11.6. The summed E-state index contributed by atoms with van der Waals surface area (Å²) in [6, 6.07) is 20.5. The van der Waals surface area contributed by atoms with E-state index in [1.165, 1.54) is 0 Å². The number of aromatic carboxylic acids is 1. The first-order chi connectivity index (χ1) is 18.1. The predicted octanol–water partition coefficient (Wildman–Crippen LogP) is 4.90. The van der Waals surface area contributed by atoms with Crippen LogP contribution in [0.5, 0.6) is 0 Å². The van der Waals surface area contributed by atoms with Gasteiger partial charge in [-0.1, -0.05) is 12.1 Å². The first-order valence-electron chi connectivity index (χ1n) is 11.6. The van der Waals surface area contributed by atoms with Crippen LogP contribution in [0.25, 0.3) is 11.3 Å². The highest BCUT2D eigenvalue weighted by molar-refractivity contribution is 7.92. The molecule has 1 aliphatic heterocycles. The fourth-order valence-corrected chi connectivity index (χ4v) is 5.47. The van der Waals surface area contributed by atoms with E-state index in [0.717, 1.165) is 28.8 Å². The molecule has 2 atom stereocenters. The average Bonchev–Trinajstić information content (AvgIpc) is 3.48. The first kappa shape index (κ1) is 25.4. The molecular formula is C27H24N4O5S2. The minimum atomic E-state index is -3.41. The number of nitrogens with one attached hydrogen (secondary N) is 2. The third-order valence-electron chi connectivity index (χ3n) is 6.20. The number of hydrogen-bond acceptors (Lipinski definition) is 6. The highest BCUT2D eigenvalue weighted by Gasteiger charge is 2.42. The number of aromatic nitrogens is 1. The van der Waals surface area contributed by atoms with E-state index in [2.05, 4.69) is 15.0 Å². The zero-order chi connectivity index (χ0) is 27.0. The van der Waals surface area contributed by atoms with Gasteiger partial charge in [0.1, 0.15) is 17.6 Å². The third-order valence-corrected chi connectivity index (χ3v) is 7.12. The van der Waals surface area contributed by atoms with E-state index in [9.17, 15) is 18.3 Å². The van der Waals surface area contributed by atoms with Crippen molar-refractivity contribution in [2.24, 2.45) is 0 Å². The molecule has 3 heterocycles. The van der Waals surface area contributed by atoms with E-state index < -0.39 is 22.0 Å². The molecule has 1 aliphatic rings. The SMILES string of the molecule is Cc1cc(C(=O)O)ccc1-c1ccc([C@@H]2[C@H](c3ccccn3)NC(=S)N2c2ccc(NS(C)(=O)=O)cc2)o1. The molecule has 1 saturated heterocycles. The van der Waals surface area contributed by atoms with Crippen LogP contribution in [0.15, 0.2) is 83.4 Å². The van der Waals surface area contributed by atoms with Crippen molar-refractivity contribution in [1.29, 1.82) is 0 Å². The maximum absolute atomic E-state index is 11.6. The van der Waals surface area contributed by atoms with Crippen LogP contribution in [0.4, 0.5) is 11.4 Å². The Morgan fingerprint density at radius 2 is 1.87 bits per heavy atom. The van der Waals surface area contributed by atoms with Gasteiger partial charge in [0.15, 0.2) is 5.11 Å². The number of rotatable bonds is 7. The van der Waals surface area contributed by atoms with Crippen LogP contribution in [0.1, 0.15) is 39.5 Å². The molecule has 194 valence electrons. The second kappa shape index (κ2) is 9.92. The second-order valence-electron chi connectivity index (χ2n) is 8.95. The van der Waals surface area contributed by atoms with Crippen molar-refractivity contribution in [2.75, 3.05) is 15.9 Å². The van der Waals surface area contributed by atoms with E-state index in [0.29, 0.717) is 22.3 Å².